The van der Waals surface area contributed by atoms with Crippen LogP contribution in [0.5, 0.6) is 0 Å². The largest absolute Gasteiger partial charge is 0.322 e. The van der Waals surface area contributed by atoms with Gasteiger partial charge in [-0.3, -0.25) is 10.2 Å². The summed E-state index contributed by atoms with van der Waals surface area (Å²) in [5.74, 6) is 2.71. The summed E-state index contributed by atoms with van der Waals surface area (Å²) in [6.45, 7) is 0. The van der Waals surface area contributed by atoms with E-state index in [1.54, 1.807) is 6.20 Å². The van der Waals surface area contributed by atoms with Gasteiger partial charge >= 0.3 is 0 Å². The Hall–Kier alpha value is -3.22. The molecule has 118 valence electrons. The van der Waals surface area contributed by atoms with Crippen LogP contribution in [0.1, 0.15) is 24.5 Å². The smallest absolute Gasteiger partial charge is 0.162 e. The molecule has 1 fully saturated rings. The Labute approximate surface area is 137 Å². The number of anilines is 2. The first-order chi connectivity index (χ1) is 11.9. The van der Waals surface area contributed by atoms with Crippen molar-refractivity contribution in [1.82, 2.24) is 30.4 Å². The fourth-order valence-corrected chi connectivity index (χ4v) is 2.77. The number of fused-ring (bicyclic) bond motifs is 1. The molecule has 3 aromatic heterocycles. The van der Waals surface area contributed by atoms with Gasteiger partial charge in [-0.2, -0.15) is 10.2 Å². The molecule has 24 heavy (non-hydrogen) atoms. The van der Waals surface area contributed by atoms with E-state index in [1.165, 1.54) is 18.5 Å². The standard InChI is InChI=1S/C17H15N7/c1-2-4-11(5-3-1)16-19-13-9-18-24-15(13)17(21-16)20-14-8-12(22-23-14)10-6-7-10/h1-5,8-10H,6-7H2,(H,18,24)(H2,19,20,21,22,23). The second-order valence-corrected chi connectivity index (χ2v) is 6.00. The van der Waals surface area contributed by atoms with Crippen molar-refractivity contribution in [2.45, 2.75) is 18.8 Å². The molecular weight excluding hydrogens is 302 g/mol. The number of H-pyrrole nitrogens is 2. The third-order valence-corrected chi connectivity index (χ3v) is 4.19. The van der Waals surface area contributed by atoms with Crippen LogP contribution in [-0.4, -0.2) is 30.4 Å². The van der Waals surface area contributed by atoms with E-state index in [9.17, 15) is 0 Å². The number of hydrogen-bond acceptors (Lipinski definition) is 5. The molecule has 7 nitrogen and oxygen atoms in total. The van der Waals surface area contributed by atoms with Crippen molar-refractivity contribution in [1.29, 1.82) is 0 Å². The number of aromatic nitrogens is 6. The van der Waals surface area contributed by atoms with E-state index in [0.717, 1.165) is 22.4 Å². The molecule has 7 heteroatoms. The number of hydrogen-bond donors (Lipinski definition) is 3. The molecule has 0 radical (unpaired) electrons. The van der Waals surface area contributed by atoms with E-state index in [1.807, 2.05) is 36.4 Å². The Kier molecular flexibility index (Phi) is 2.84. The third kappa shape index (κ3) is 2.30. The van der Waals surface area contributed by atoms with Gasteiger partial charge in [-0.1, -0.05) is 30.3 Å². The lowest BCUT2D eigenvalue weighted by molar-refractivity contribution is 0.966. The van der Waals surface area contributed by atoms with Crippen LogP contribution in [0, 0.1) is 0 Å². The van der Waals surface area contributed by atoms with E-state index in [4.69, 9.17) is 0 Å². The minimum absolute atomic E-state index is 0.630. The first kappa shape index (κ1) is 13.2. The zero-order valence-electron chi connectivity index (χ0n) is 12.8. The van der Waals surface area contributed by atoms with Crippen LogP contribution in [0.15, 0.2) is 42.6 Å². The predicted molar refractivity (Wildman–Crippen MR) is 91.0 cm³/mol. The van der Waals surface area contributed by atoms with Gasteiger partial charge in [-0.25, -0.2) is 9.97 Å². The number of benzene rings is 1. The maximum absolute atomic E-state index is 4.66. The Balaban J connectivity index is 1.56. The van der Waals surface area contributed by atoms with E-state index >= 15 is 0 Å². The second kappa shape index (κ2) is 5.16. The number of aromatic amines is 2. The molecule has 3 heterocycles. The Morgan fingerprint density at radius 2 is 1.92 bits per heavy atom. The van der Waals surface area contributed by atoms with Gasteiger partial charge in [0.2, 0.25) is 0 Å². The highest BCUT2D eigenvalue weighted by Crippen LogP contribution is 2.39. The topological polar surface area (TPSA) is 95.2 Å². The molecule has 4 aromatic rings. The lowest BCUT2D eigenvalue weighted by Gasteiger charge is -2.06. The normalized spacial score (nSPS) is 14.2. The van der Waals surface area contributed by atoms with Gasteiger partial charge in [-0.05, 0) is 12.8 Å². The number of rotatable bonds is 4. The van der Waals surface area contributed by atoms with Crippen LogP contribution in [0.2, 0.25) is 0 Å². The SMILES string of the molecule is c1ccc(-c2nc(Nc3cc(C4CC4)[nH]n3)c3[nH]ncc3n2)cc1. The predicted octanol–water partition coefficient (Wildman–Crippen LogP) is 3.36. The van der Waals surface area contributed by atoms with Crippen LogP contribution in [0.25, 0.3) is 22.4 Å². The fourth-order valence-electron chi connectivity index (χ4n) is 2.77. The lowest BCUT2D eigenvalue weighted by Crippen LogP contribution is -1.99. The van der Waals surface area contributed by atoms with Gasteiger partial charge in [0.15, 0.2) is 17.5 Å². The van der Waals surface area contributed by atoms with E-state index in [2.05, 4.69) is 35.7 Å². The molecular formula is C17H15N7. The Morgan fingerprint density at radius 1 is 1.04 bits per heavy atom. The highest BCUT2D eigenvalue weighted by molar-refractivity contribution is 5.88. The Morgan fingerprint density at radius 3 is 2.75 bits per heavy atom. The molecule has 0 unspecified atom stereocenters. The third-order valence-electron chi connectivity index (χ3n) is 4.19. The van der Waals surface area contributed by atoms with Crippen molar-refractivity contribution >= 4 is 22.7 Å². The van der Waals surface area contributed by atoms with Crippen molar-refractivity contribution in [3.05, 3.63) is 48.3 Å². The molecule has 0 spiro atoms. The molecule has 1 saturated carbocycles. The average Bonchev–Trinajstić information content (AvgIpc) is 3.17. The highest BCUT2D eigenvalue weighted by Gasteiger charge is 2.25. The molecule has 1 aliphatic rings. The second-order valence-electron chi connectivity index (χ2n) is 6.00. The first-order valence-corrected chi connectivity index (χ1v) is 7.96. The quantitative estimate of drug-likeness (QED) is 0.536. The molecule has 3 N–H and O–H groups in total. The minimum atomic E-state index is 0.630. The van der Waals surface area contributed by atoms with Gasteiger partial charge in [-0.15, -0.1) is 0 Å². The molecule has 0 saturated heterocycles. The van der Waals surface area contributed by atoms with Crippen LogP contribution < -0.4 is 5.32 Å². The van der Waals surface area contributed by atoms with Crippen molar-refractivity contribution in [2.75, 3.05) is 5.32 Å². The monoisotopic (exact) mass is 317 g/mol. The molecule has 5 rings (SSSR count). The number of nitrogens with zero attached hydrogens (tertiary/aromatic N) is 4. The molecule has 0 bridgehead atoms. The summed E-state index contributed by atoms with van der Waals surface area (Å²) in [7, 11) is 0. The number of nitrogens with one attached hydrogen (secondary N) is 3. The lowest BCUT2D eigenvalue weighted by atomic mass is 10.2. The zero-order valence-corrected chi connectivity index (χ0v) is 12.8. The molecule has 0 atom stereocenters. The summed E-state index contributed by atoms with van der Waals surface area (Å²) < 4.78 is 0. The summed E-state index contributed by atoms with van der Waals surface area (Å²) in [6.07, 6.45) is 4.17. The fraction of sp³-hybridized carbons (Fsp3) is 0.176. The summed E-state index contributed by atoms with van der Waals surface area (Å²) in [5.41, 5.74) is 3.68. The zero-order chi connectivity index (χ0) is 15.9. The Bertz CT molecular complexity index is 998. The van der Waals surface area contributed by atoms with E-state index in [0.29, 0.717) is 17.6 Å². The van der Waals surface area contributed by atoms with Crippen molar-refractivity contribution in [3.63, 3.8) is 0 Å². The van der Waals surface area contributed by atoms with Crippen molar-refractivity contribution in [2.24, 2.45) is 0 Å². The summed E-state index contributed by atoms with van der Waals surface area (Å²) in [4.78, 5) is 9.24. The van der Waals surface area contributed by atoms with Crippen molar-refractivity contribution < 1.29 is 0 Å². The maximum Gasteiger partial charge on any atom is 0.162 e. The van der Waals surface area contributed by atoms with Crippen molar-refractivity contribution in [3.8, 4) is 11.4 Å². The van der Waals surface area contributed by atoms with E-state index < -0.39 is 0 Å². The van der Waals surface area contributed by atoms with E-state index in [-0.39, 0.29) is 0 Å². The maximum atomic E-state index is 4.66. The van der Waals surface area contributed by atoms with Crippen LogP contribution in [0.3, 0.4) is 0 Å². The summed E-state index contributed by atoms with van der Waals surface area (Å²) in [5, 5.41) is 17.8. The summed E-state index contributed by atoms with van der Waals surface area (Å²) in [6, 6.07) is 11.9. The molecule has 0 aliphatic heterocycles. The van der Waals surface area contributed by atoms with Gasteiger partial charge in [0, 0.05) is 23.2 Å². The summed E-state index contributed by atoms with van der Waals surface area (Å²) >= 11 is 0. The molecule has 1 aromatic carbocycles. The first-order valence-electron chi connectivity index (χ1n) is 7.96. The van der Waals surface area contributed by atoms with Gasteiger partial charge in [0.1, 0.15) is 11.0 Å². The molecule has 1 aliphatic carbocycles. The average molecular weight is 317 g/mol. The molecule has 0 amide bonds. The van der Waals surface area contributed by atoms with Gasteiger partial charge in [0.25, 0.3) is 0 Å². The van der Waals surface area contributed by atoms with Crippen LogP contribution in [0.4, 0.5) is 11.6 Å². The van der Waals surface area contributed by atoms with Crippen LogP contribution in [-0.2, 0) is 0 Å². The highest BCUT2D eigenvalue weighted by atomic mass is 15.2. The minimum Gasteiger partial charge on any atom is -0.322 e. The van der Waals surface area contributed by atoms with Crippen LogP contribution >= 0.6 is 0 Å². The van der Waals surface area contributed by atoms with Gasteiger partial charge in [0.05, 0.1) is 6.20 Å². The van der Waals surface area contributed by atoms with Gasteiger partial charge < -0.3 is 5.32 Å².